The zero-order valence-electron chi connectivity index (χ0n) is 16.0. The van der Waals surface area contributed by atoms with E-state index in [1.807, 2.05) is 22.4 Å². The second-order valence-corrected chi connectivity index (χ2v) is 8.23. The van der Waals surface area contributed by atoms with Gasteiger partial charge in [-0.25, -0.2) is 0 Å². The van der Waals surface area contributed by atoms with Crippen molar-refractivity contribution in [2.24, 2.45) is 5.92 Å². The molecule has 0 aliphatic carbocycles. The number of thiophene rings is 1. The highest BCUT2D eigenvalue weighted by atomic mass is 32.1. The fourth-order valence-electron chi connectivity index (χ4n) is 3.79. The van der Waals surface area contributed by atoms with Gasteiger partial charge in [0.2, 0.25) is 0 Å². The molecule has 2 aromatic rings. The number of aryl methyl sites for hydroxylation is 1. The van der Waals surface area contributed by atoms with Crippen molar-refractivity contribution in [1.29, 1.82) is 0 Å². The topological polar surface area (TPSA) is 23.6 Å². The number of amides is 1. The second kappa shape index (κ2) is 9.33. The lowest BCUT2D eigenvalue weighted by atomic mass is 9.95. The van der Waals surface area contributed by atoms with Crippen LogP contribution in [-0.4, -0.2) is 48.4 Å². The molecule has 1 aromatic heterocycles. The summed E-state index contributed by atoms with van der Waals surface area (Å²) in [6.07, 6.45) is 3.53. The molecule has 26 heavy (non-hydrogen) atoms. The van der Waals surface area contributed by atoms with Crippen molar-refractivity contribution in [1.82, 2.24) is 9.80 Å². The first kappa shape index (κ1) is 19.1. The summed E-state index contributed by atoms with van der Waals surface area (Å²) in [5.74, 6) is 0.832. The molecular weight excluding hydrogens is 340 g/mol. The van der Waals surface area contributed by atoms with Crippen LogP contribution in [-0.2, 0) is 6.42 Å². The van der Waals surface area contributed by atoms with Gasteiger partial charge < -0.3 is 9.80 Å². The van der Waals surface area contributed by atoms with Crippen LogP contribution in [0.4, 0.5) is 0 Å². The van der Waals surface area contributed by atoms with Gasteiger partial charge in [0.1, 0.15) is 0 Å². The van der Waals surface area contributed by atoms with Crippen molar-refractivity contribution in [3.8, 4) is 0 Å². The lowest BCUT2D eigenvalue weighted by Gasteiger charge is -2.34. The van der Waals surface area contributed by atoms with Crippen molar-refractivity contribution >= 4 is 17.2 Å². The zero-order valence-corrected chi connectivity index (χ0v) is 16.8. The number of carbonyl (C=O) groups is 1. The lowest BCUT2D eigenvalue weighted by Crippen LogP contribution is -2.41. The molecule has 1 saturated heterocycles. The first-order chi connectivity index (χ1) is 12.7. The first-order valence-corrected chi connectivity index (χ1v) is 10.6. The molecule has 3 nitrogen and oxygen atoms in total. The number of rotatable bonds is 7. The average molecular weight is 371 g/mol. The first-order valence-electron chi connectivity index (χ1n) is 9.77. The minimum absolute atomic E-state index is 0.199. The van der Waals surface area contributed by atoms with Crippen LogP contribution in [0.5, 0.6) is 0 Å². The quantitative estimate of drug-likeness (QED) is 0.718. The van der Waals surface area contributed by atoms with Gasteiger partial charge in [-0.05, 0) is 74.7 Å². The van der Waals surface area contributed by atoms with Gasteiger partial charge in [0.15, 0.2) is 0 Å². The Morgan fingerprint density at radius 1 is 1.19 bits per heavy atom. The molecule has 0 spiro atoms. The Kier molecular flexibility index (Phi) is 6.86. The molecule has 0 N–H and O–H groups in total. The van der Waals surface area contributed by atoms with Gasteiger partial charge >= 0.3 is 0 Å². The molecule has 1 aliphatic rings. The van der Waals surface area contributed by atoms with Gasteiger partial charge in [-0.15, -0.1) is 11.3 Å². The number of likely N-dealkylation sites (tertiary alicyclic amines) is 1. The summed E-state index contributed by atoms with van der Waals surface area (Å²) in [6, 6.07) is 12.6. The summed E-state index contributed by atoms with van der Waals surface area (Å²) >= 11 is 1.54. The minimum Gasteiger partial charge on any atom is -0.338 e. The van der Waals surface area contributed by atoms with Gasteiger partial charge in [0.05, 0.1) is 4.88 Å². The van der Waals surface area contributed by atoms with Gasteiger partial charge in [0, 0.05) is 19.6 Å². The molecule has 0 saturated carbocycles. The minimum atomic E-state index is 0.199. The maximum atomic E-state index is 12.6. The van der Waals surface area contributed by atoms with Crippen LogP contribution in [0.3, 0.4) is 0 Å². The summed E-state index contributed by atoms with van der Waals surface area (Å²) in [4.78, 5) is 18.1. The predicted octanol–water partition coefficient (Wildman–Crippen LogP) is 4.47. The molecule has 1 fully saturated rings. The fourth-order valence-corrected chi connectivity index (χ4v) is 4.48. The third-order valence-corrected chi connectivity index (χ3v) is 6.40. The number of hydrogen-bond acceptors (Lipinski definition) is 3. The Labute approximate surface area is 161 Å². The Bertz CT molecular complexity index is 690. The summed E-state index contributed by atoms with van der Waals surface area (Å²) in [5, 5.41) is 1.98. The second-order valence-electron chi connectivity index (χ2n) is 7.28. The molecule has 0 bridgehead atoms. The van der Waals surface area contributed by atoms with Crippen LogP contribution in [0, 0.1) is 12.8 Å². The van der Waals surface area contributed by atoms with Crippen LogP contribution in [0.1, 0.15) is 40.6 Å². The molecular formula is C22H30N2OS. The Hall–Kier alpha value is -1.65. The zero-order chi connectivity index (χ0) is 18.4. The number of benzene rings is 1. The Balaban J connectivity index is 1.44. The summed E-state index contributed by atoms with van der Waals surface area (Å²) in [6.45, 7) is 9.43. The van der Waals surface area contributed by atoms with Gasteiger partial charge in [0.25, 0.3) is 5.91 Å². The van der Waals surface area contributed by atoms with E-state index in [1.54, 1.807) is 11.3 Å². The summed E-state index contributed by atoms with van der Waals surface area (Å²) < 4.78 is 0. The van der Waals surface area contributed by atoms with Crippen molar-refractivity contribution in [2.45, 2.75) is 33.1 Å². The van der Waals surface area contributed by atoms with E-state index < -0.39 is 0 Å². The maximum absolute atomic E-state index is 12.6. The predicted molar refractivity (Wildman–Crippen MR) is 110 cm³/mol. The monoisotopic (exact) mass is 370 g/mol. The van der Waals surface area contributed by atoms with E-state index in [0.29, 0.717) is 5.92 Å². The highest BCUT2D eigenvalue weighted by molar-refractivity contribution is 7.12. The van der Waals surface area contributed by atoms with E-state index in [2.05, 4.69) is 43.0 Å². The largest absolute Gasteiger partial charge is 0.338 e. The van der Waals surface area contributed by atoms with Crippen molar-refractivity contribution in [2.75, 3.05) is 32.7 Å². The molecule has 1 aliphatic heterocycles. The highest BCUT2D eigenvalue weighted by Crippen LogP contribution is 2.21. The van der Waals surface area contributed by atoms with Crippen LogP contribution < -0.4 is 0 Å². The number of piperidine rings is 1. The summed E-state index contributed by atoms with van der Waals surface area (Å²) in [5.41, 5.74) is 2.86. The van der Waals surface area contributed by atoms with Crippen LogP contribution in [0.2, 0.25) is 0 Å². The van der Waals surface area contributed by atoms with Crippen LogP contribution >= 0.6 is 11.3 Å². The molecule has 1 amide bonds. The van der Waals surface area contributed by atoms with E-state index in [9.17, 15) is 4.79 Å². The third kappa shape index (κ3) is 4.95. The molecule has 140 valence electrons. The molecule has 4 heteroatoms. The van der Waals surface area contributed by atoms with E-state index >= 15 is 0 Å². The van der Waals surface area contributed by atoms with Crippen molar-refractivity contribution in [3.05, 3.63) is 57.8 Å². The maximum Gasteiger partial charge on any atom is 0.263 e. The molecule has 3 rings (SSSR count). The normalized spacial score (nSPS) is 15.9. The highest BCUT2D eigenvalue weighted by Gasteiger charge is 2.23. The Morgan fingerprint density at radius 2 is 1.96 bits per heavy atom. The molecule has 2 heterocycles. The van der Waals surface area contributed by atoms with Crippen LogP contribution in [0.15, 0.2) is 41.8 Å². The molecule has 0 atom stereocenters. The number of nitrogens with zero attached hydrogens (tertiary/aromatic N) is 2. The van der Waals surface area contributed by atoms with E-state index in [0.717, 1.165) is 44.0 Å². The SMILES string of the molecule is CCN(CC1CCN(CCc2ccccc2C)CC1)C(=O)c1cccs1. The smallest absolute Gasteiger partial charge is 0.263 e. The Morgan fingerprint density at radius 3 is 2.62 bits per heavy atom. The summed E-state index contributed by atoms with van der Waals surface area (Å²) in [7, 11) is 0. The standard InChI is InChI=1S/C22H30N2OS/c1-3-24(22(25)21-9-6-16-26-21)17-19-10-13-23(14-11-19)15-12-20-8-5-4-7-18(20)2/h4-9,16,19H,3,10-15,17H2,1-2H3. The van der Waals surface area contributed by atoms with E-state index in [-0.39, 0.29) is 5.91 Å². The van der Waals surface area contributed by atoms with Gasteiger partial charge in [-0.3, -0.25) is 4.79 Å². The van der Waals surface area contributed by atoms with Crippen molar-refractivity contribution < 1.29 is 4.79 Å². The van der Waals surface area contributed by atoms with Gasteiger partial charge in [-0.2, -0.15) is 0 Å². The fraction of sp³-hybridized carbons (Fsp3) is 0.500. The van der Waals surface area contributed by atoms with Crippen LogP contribution in [0.25, 0.3) is 0 Å². The molecule has 1 aromatic carbocycles. The van der Waals surface area contributed by atoms with E-state index in [1.165, 1.54) is 24.0 Å². The molecule has 0 radical (unpaired) electrons. The van der Waals surface area contributed by atoms with Crippen molar-refractivity contribution in [3.63, 3.8) is 0 Å². The lowest BCUT2D eigenvalue weighted by molar-refractivity contribution is 0.0706. The molecule has 0 unspecified atom stereocenters. The van der Waals surface area contributed by atoms with Gasteiger partial charge in [-0.1, -0.05) is 30.3 Å². The number of hydrogen-bond donors (Lipinski definition) is 0. The van der Waals surface area contributed by atoms with E-state index in [4.69, 9.17) is 0 Å². The third-order valence-electron chi connectivity index (χ3n) is 5.55. The number of carbonyl (C=O) groups excluding carboxylic acids is 1. The average Bonchev–Trinajstić information content (AvgIpc) is 3.21.